The van der Waals surface area contributed by atoms with Gasteiger partial charge in [-0.2, -0.15) is 9.97 Å². The third kappa shape index (κ3) is 5.44. The van der Waals surface area contributed by atoms with E-state index in [-0.39, 0.29) is 13.9 Å². The number of halogens is 1. The van der Waals surface area contributed by atoms with Crippen LogP contribution in [0.4, 0.5) is 5.82 Å². The molecule has 156 valence electrons. The lowest BCUT2D eigenvalue weighted by Gasteiger charge is -2.13. The molecule has 0 saturated heterocycles. The molecule has 2 N–H and O–H groups in total. The molecular formula is C20H27BrN5O2P. The number of benzene rings is 1. The molecule has 0 aliphatic rings. The third-order valence-corrected chi connectivity index (χ3v) is 7.94. The van der Waals surface area contributed by atoms with E-state index in [9.17, 15) is 0 Å². The molecule has 29 heavy (non-hydrogen) atoms. The lowest BCUT2D eigenvalue weighted by Crippen LogP contribution is -2.09. The Morgan fingerprint density at radius 2 is 1.72 bits per heavy atom. The summed E-state index contributed by atoms with van der Waals surface area (Å²) >= 11 is 3.53. The van der Waals surface area contributed by atoms with Gasteiger partial charge in [0.1, 0.15) is 6.61 Å². The van der Waals surface area contributed by atoms with Gasteiger partial charge in [0.05, 0.1) is 13.2 Å². The molecule has 3 rings (SSSR count). The largest absolute Gasteiger partial charge is 0.461 e. The number of anilines is 1. The Morgan fingerprint density at radius 1 is 1.03 bits per heavy atom. The first kappa shape index (κ1) is 21.9. The molecule has 2 aromatic heterocycles. The molecule has 7 nitrogen and oxygen atoms in total. The lowest BCUT2D eigenvalue weighted by atomic mass is 10.1. The molecule has 0 spiro atoms. The van der Waals surface area contributed by atoms with E-state index >= 15 is 0 Å². The highest BCUT2D eigenvalue weighted by molar-refractivity contribution is 9.10. The van der Waals surface area contributed by atoms with Crippen molar-refractivity contribution in [2.45, 2.75) is 26.6 Å². The molecule has 2 heterocycles. The number of rotatable bonds is 10. The average Bonchev–Trinajstić information content (AvgIpc) is 3.04. The van der Waals surface area contributed by atoms with Gasteiger partial charge < -0.3 is 15.2 Å². The summed E-state index contributed by atoms with van der Waals surface area (Å²) in [5.74, 6) is 0.296. The normalized spacial score (nSPS) is 11.5. The molecule has 0 atom stereocenters. The standard InChI is InChI=1S/C20H27BrN5O2P/c1-4-29(5-2)13-15-8-6-14(7-9-15)12-26-18-16(23-19(26)21)17(22)24-20(25-18)28-11-10-27-3/h6-9H,4-5,10-13H2,1-3H3,(H2,22,24,25). The molecule has 3 aromatic rings. The third-order valence-electron chi connectivity index (χ3n) is 4.74. The highest BCUT2D eigenvalue weighted by Crippen LogP contribution is 2.38. The number of hydrogen-bond donors (Lipinski definition) is 1. The van der Waals surface area contributed by atoms with E-state index in [1.807, 2.05) is 4.57 Å². The van der Waals surface area contributed by atoms with Crippen molar-refractivity contribution in [2.24, 2.45) is 0 Å². The molecule has 0 aliphatic heterocycles. The second-order valence-corrected chi connectivity index (χ2v) is 10.3. The van der Waals surface area contributed by atoms with Crippen molar-refractivity contribution in [3.8, 4) is 6.01 Å². The molecule has 0 unspecified atom stereocenters. The number of nitrogens with two attached hydrogens (primary N) is 1. The summed E-state index contributed by atoms with van der Waals surface area (Å²) in [5.41, 5.74) is 9.84. The minimum absolute atomic E-state index is 0.0983. The monoisotopic (exact) mass is 479 g/mol. The zero-order chi connectivity index (χ0) is 20.8. The highest BCUT2D eigenvalue weighted by Gasteiger charge is 2.16. The Hall–Kier alpha value is -1.76. The number of ether oxygens (including phenoxy) is 2. The molecule has 0 bridgehead atoms. The summed E-state index contributed by atoms with van der Waals surface area (Å²) in [4.78, 5) is 13.2. The predicted molar refractivity (Wildman–Crippen MR) is 122 cm³/mol. The maximum Gasteiger partial charge on any atom is 0.320 e. The molecule has 0 saturated carbocycles. The summed E-state index contributed by atoms with van der Waals surface area (Å²) in [5, 5.41) is 0. The van der Waals surface area contributed by atoms with Crippen LogP contribution in [-0.2, 0) is 17.4 Å². The summed E-state index contributed by atoms with van der Waals surface area (Å²) in [6, 6.07) is 9.03. The first-order valence-electron chi connectivity index (χ1n) is 9.66. The maximum absolute atomic E-state index is 6.07. The number of nitrogen functional groups attached to an aromatic ring is 1. The van der Waals surface area contributed by atoms with Crippen molar-refractivity contribution < 1.29 is 9.47 Å². The summed E-state index contributed by atoms with van der Waals surface area (Å²) in [6.07, 6.45) is 3.74. The van der Waals surface area contributed by atoms with Crippen LogP contribution in [-0.4, -0.2) is 52.2 Å². The van der Waals surface area contributed by atoms with Gasteiger partial charge in [0.2, 0.25) is 0 Å². The number of methoxy groups -OCH3 is 1. The Balaban J connectivity index is 1.82. The van der Waals surface area contributed by atoms with Gasteiger partial charge in [-0.25, -0.2) is 4.98 Å². The number of aromatic nitrogens is 4. The van der Waals surface area contributed by atoms with E-state index in [1.54, 1.807) is 7.11 Å². The van der Waals surface area contributed by atoms with Crippen LogP contribution >= 0.6 is 23.9 Å². The van der Waals surface area contributed by atoms with Gasteiger partial charge in [0.15, 0.2) is 21.7 Å². The van der Waals surface area contributed by atoms with E-state index < -0.39 is 0 Å². The second-order valence-electron chi connectivity index (χ2n) is 6.65. The minimum Gasteiger partial charge on any atom is -0.461 e. The van der Waals surface area contributed by atoms with Gasteiger partial charge in [-0.3, -0.25) is 4.57 Å². The maximum atomic E-state index is 6.07. The highest BCUT2D eigenvalue weighted by atomic mass is 79.9. The summed E-state index contributed by atoms with van der Waals surface area (Å²) < 4.78 is 13.2. The van der Waals surface area contributed by atoms with E-state index in [0.29, 0.717) is 41.5 Å². The fourth-order valence-electron chi connectivity index (χ4n) is 3.03. The fraction of sp³-hybridized carbons (Fsp3) is 0.450. The van der Waals surface area contributed by atoms with Crippen molar-refractivity contribution in [1.29, 1.82) is 0 Å². The van der Waals surface area contributed by atoms with Crippen LogP contribution in [0.25, 0.3) is 11.2 Å². The number of imidazole rings is 1. The molecule has 0 amide bonds. The first-order chi connectivity index (χ1) is 14.0. The Labute approximate surface area is 180 Å². The van der Waals surface area contributed by atoms with Crippen LogP contribution < -0.4 is 10.5 Å². The number of fused-ring (bicyclic) bond motifs is 1. The van der Waals surface area contributed by atoms with E-state index in [0.717, 1.165) is 0 Å². The van der Waals surface area contributed by atoms with Gasteiger partial charge in [-0.15, -0.1) is 7.92 Å². The van der Waals surface area contributed by atoms with Crippen LogP contribution in [0, 0.1) is 0 Å². The van der Waals surface area contributed by atoms with Gasteiger partial charge >= 0.3 is 6.01 Å². The number of nitrogens with zero attached hydrogens (tertiary/aromatic N) is 4. The van der Waals surface area contributed by atoms with Gasteiger partial charge in [-0.05, 0) is 45.5 Å². The van der Waals surface area contributed by atoms with Crippen molar-refractivity contribution in [3.05, 3.63) is 40.1 Å². The van der Waals surface area contributed by atoms with E-state index in [1.165, 1.54) is 29.6 Å². The molecular weight excluding hydrogens is 453 g/mol. The first-order valence-corrected chi connectivity index (χ1v) is 12.4. The quantitative estimate of drug-likeness (QED) is 0.265. The van der Waals surface area contributed by atoms with Crippen molar-refractivity contribution >= 4 is 40.8 Å². The Morgan fingerprint density at radius 3 is 2.38 bits per heavy atom. The topological polar surface area (TPSA) is 88.1 Å². The molecule has 1 aromatic carbocycles. The van der Waals surface area contributed by atoms with Crippen LogP contribution in [0.3, 0.4) is 0 Å². The summed E-state index contributed by atoms with van der Waals surface area (Å²) in [6.45, 7) is 6.00. The number of hydrogen-bond acceptors (Lipinski definition) is 6. The Bertz CT molecular complexity index is 944. The van der Waals surface area contributed by atoms with Crippen LogP contribution in [0.15, 0.2) is 29.0 Å². The molecule has 0 aliphatic carbocycles. The van der Waals surface area contributed by atoms with Crippen molar-refractivity contribution in [1.82, 2.24) is 19.5 Å². The average molecular weight is 480 g/mol. The van der Waals surface area contributed by atoms with Gasteiger partial charge in [-0.1, -0.05) is 38.1 Å². The predicted octanol–water partition coefficient (Wildman–Crippen LogP) is 4.27. The fourth-order valence-corrected chi connectivity index (χ4v) is 5.13. The van der Waals surface area contributed by atoms with Gasteiger partial charge in [0.25, 0.3) is 0 Å². The van der Waals surface area contributed by atoms with Crippen LogP contribution in [0.5, 0.6) is 6.01 Å². The second kappa shape index (κ2) is 10.3. The zero-order valence-electron chi connectivity index (χ0n) is 17.1. The van der Waals surface area contributed by atoms with Crippen LogP contribution in [0.2, 0.25) is 0 Å². The minimum atomic E-state index is 0.0983. The molecule has 9 heteroatoms. The van der Waals surface area contributed by atoms with E-state index in [4.69, 9.17) is 15.2 Å². The lowest BCUT2D eigenvalue weighted by molar-refractivity contribution is 0.141. The van der Waals surface area contributed by atoms with Crippen molar-refractivity contribution in [2.75, 3.05) is 38.4 Å². The van der Waals surface area contributed by atoms with Crippen LogP contribution in [0.1, 0.15) is 25.0 Å². The van der Waals surface area contributed by atoms with E-state index in [2.05, 4.69) is 69.0 Å². The van der Waals surface area contributed by atoms with Gasteiger partial charge in [0, 0.05) is 7.11 Å². The summed E-state index contributed by atoms with van der Waals surface area (Å²) in [7, 11) is 1.71. The SMILES string of the molecule is CCP(CC)Cc1ccc(Cn2c(Br)nc3c(N)nc(OCCOC)nc32)cc1. The molecule has 0 fully saturated rings. The zero-order valence-corrected chi connectivity index (χ0v) is 19.5. The Kier molecular flexibility index (Phi) is 7.81. The molecule has 0 radical (unpaired) electrons. The smallest absolute Gasteiger partial charge is 0.320 e. The van der Waals surface area contributed by atoms with Crippen molar-refractivity contribution in [3.63, 3.8) is 0 Å².